The lowest BCUT2D eigenvalue weighted by molar-refractivity contribution is -0.000706. The summed E-state index contributed by atoms with van der Waals surface area (Å²) in [7, 11) is 2.40. The van der Waals surface area contributed by atoms with Crippen LogP contribution in [0.5, 0.6) is 23.0 Å². The van der Waals surface area contributed by atoms with E-state index in [4.69, 9.17) is 71.1 Å². The second-order valence-corrected chi connectivity index (χ2v) is 17.2. The first-order valence-electron chi connectivity index (χ1n) is 24.4. The number of carbonyl (C=O) groups is 5. The Hall–Kier alpha value is -5.41. The van der Waals surface area contributed by atoms with E-state index >= 15 is 0 Å². The Morgan fingerprint density at radius 2 is 0.808 bits per heavy atom. The van der Waals surface area contributed by atoms with Gasteiger partial charge in [-0.3, -0.25) is 24.8 Å². The molecule has 0 saturated carbocycles. The lowest BCUT2D eigenvalue weighted by atomic mass is 10.1. The van der Waals surface area contributed by atoms with E-state index in [1.165, 1.54) is 43.4 Å². The highest BCUT2D eigenvalue weighted by atomic mass is 16.6. The largest absolute Gasteiger partial charge is 0.487 e. The van der Waals surface area contributed by atoms with E-state index in [0.717, 1.165) is 0 Å². The van der Waals surface area contributed by atoms with Crippen LogP contribution in [0, 0.1) is 0 Å². The molecule has 24 nitrogen and oxygen atoms in total. The summed E-state index contributed by atoms with van der Waals surface area (Å²) in [5, 5.41) is 1.67. The van der Waals surface area contributed by atoms with Crippen molar-refractivity contribution in [2.24, 2.45) is 0 Å². The third-order valence-corrected chi connectivity index (χ3v) is 10.8. The van der Waals surface area contributed by atoms with Crippen molar-refractivity contribution in [3.63, 3.8) is 0 Å². The monoisotopic (exact) mass is 1040 g/mol. The van der Waals surface area contributed by atoms with Crippen LogP contribution in [0.15, 0.2) is 24.3 Å². The Bertz CT molecular complexity index is 1930. The average molecular weight is 1040 g/mol. The van der Waals surface area contributed by atoms with Gasteiger partial charge in [0.05, 0.1) is 142 Å². The molecule has 2 aromatic carbocycles. The number of carbonyl (C=O) groups excluding carboxylic acids is 5. The molecule has 0 fully saturated rings. The Labute approximate surface area is 425 Å². The van der Waals surface area contributed by atoms with E-state index in [0.29, 0.717) is 72.4 Å². The second-order valence-electron chi connectivity index (χ2n) is 17.2. The number of esters is 2. The van der Waals surface area contributed by atoms with Crippen molar-refractivity contribution in [1.82, 2.24) is 20.2 Å². The van der Waals surface area contributed by atoms with Crippen molar-refractivity contribution in [3.05, 3.63) is 46.5 Å². The molecule has 0 aliphatic carbocycles. The fourth-order valence-electron chi connectivity index (χ4n) is 7.17. The third kappa shape index (κ3) is 20.4. The first kappa shape index (κ1) is 58.5. The molecule has 0 saturated heterocycles. The van der Waals surface area contributed by atoms with Crippen LogP contribution in [0.1, 0.15) is 62.2 Å². The summed E-state index contributed by atoms with van der Waals surface area (Å²) in [5.41, 5.74) is 2.38. The van der Waals surface area contributed by atoms with E-state index in [1.54, 1.807) is 25.8 Å². The van der Waals surface area contributed by atoms with Gasteiger partial charge < -0.3 is 71.1 Å². The van der Waals surface area contributed by atoms with Gasteiger partial charge in [0, 0.05) is 39.3 Å². The highest BCUT2D eigenvalue weighted by Gasteiger charge is 2.37. The molecular weight excluding hydrogens is 965 g/mol. The lowest BCUT2D eigenvalue weighted by Crippen LogP contribution is -2.47. The summed E-state index contributed by atoms with van der Waals surface area (Å²) >= 11 is 0. The number of hydrogen-bond acceptors (Lipinski definition) is 22. The summed E-state index contributed by atoms with van der Waals surface area (Å²) in [5.74, 6) is -1.47. The topological polar surface area (TPSA) is 246 Å². The van der Waals surface area contributed by atoms with Gasteiger partial charge in [-0.1, -0.05) is 0 Å². The molecule has 1 N–H and O–H groups in total. The quantitative estimate of drug-likeness (QED) is 0.248. The Balaban J connectivity index is 1.13. The molecule has 0 aromatic heterocycles. The number of nitrogens with zero attached hydrogens (tertiary/aromatic N) is 3. The first-order valence-corrected chi connectivity index (χ1v) is 24.4. The molecule has 0 unspecified atom stereocenters. The highest BCUT2D eigenvalue weighted by Crippen LogP contribution is 2.36. The zero-order valence-corrected chi connectivity index (χ0v) is 42.7. The smallest absolute Gasteiger partial charge is 0.422 e. The van der Waals surface area contributed by atoms with Crippen LogP contribution < -0.4 is 24.4 Å². The molecule has 24 heteroatoms. The molecule has 73 heavy (non-hydrogen) atoms. The van der Waals surface area contributed by atoms with Crippen LogP contribution >= 0.6 is 0 Å². The molecular formula is C49H72N4O20. The van der Waals surface area contributed by atoms with Crippen LogP contribution in [0.3, 0.4) is 0 Å². The molecule has 0 spiro atoms. The summed E-state index contributed by atoms with van der Waals surface area (Å²) in [6.07, 6.45) is -0.575. The van der Waals surface area contributed by atoms with Crippen molar-refractivity contribution in [2.75, 3.05) is 186 Å². The Kier molecular flexibility index (Phi) is 25.6. The molecule has 3 amide bonds. The first-order chi connectivity index (χ1) is 35.4. The van der Waals surface area contributed by atoms with Gasteiger partial charge in [0.1, 0.15) is 32.0 Å². The van der Waals surface area contributed by atoms with Crippen LogP contribution in [-0.4, -0.2) is 236 Å². The number of nitrogens with one attached hydrogen (secondary N) is 1. The number of benzene rings is 2. The maximum absolute atomic E-state index is 13.9. The number of rotatable bonds is 6. The Morgan fingerprint density at radius 3 is 1.16 bits per heavy atom. The van der Waals surface area contributed by atoms with Gasteiger partial charge >= 0.3 is 18.0 Å². The molecule has 5 rings (SSSR count). The average Bonchev–Trinajstić information content (AvgIpc) is 3.59. The second kappa shape index (κ2) is 32.0. The molecule has 2 aromatic rings. The van der Waals surface area contributed by atoms with E-state index in [-0.39, 0.29) is 144 Å². The van der Waals surface area contributed by atoms with Gasteiger partial charge in [0.15, 0.2) is 23.0 Å². The maximum Gasteiger partial charge on any atom is 0.422 e. The van der Waals surface area contributed by atoms with Crippen LogP contribution in [0.4, 0.5) is 4.79 Å². The number of methoxy groups -OCH3 is 2. The number of amides is 3. The molecule has 0 bridgehead atoms. The van der Waals surface area contributed by atoms with Gasteiger partial charge in [-0.25, -0.2) is 19.4 Å². The fraction of sp³-hybridized carbons (Fsp3) is 0.653. The number of hydrogen-bond donors (Lipinski definition) is 1. The predicted molar refractivity (Wildman–Crippen MR) is 257 cm³/mol. The minimum absolute atomic E-state index is 0.0484. The predicted octanol–water partition coefficient (Wildman–Crippen LogP) is 2.27. The molecule has 0 atom stereocenters. The standard InChI is InChI=1S/C49H72N4O20/c1-49(2,3)73-48(58)50-52-10-14-63-18-22-67-24-28-69-40-32-36-37(33-41(40)70-29-25-68-23-19-64-15-11-52)45(55)53(44(36)54)7-6-51-8-12-61-16-20-65-26-30-71-42-34-38(46(56)59-4)39(47(57)60-5)35-43(42)72-31-27-66-21-17-62-13-9-51/h32-35H,6-31H2,1-5H3,(H,50,58). The van der Waals surface area contributed by atoms with E-state index in [2.05, 4.69) is 5.43 Å². The summed E-state index contributed by atoms with van der Waals surface area (Å²) in [6, 6.07) is 5.79. The summed E-state index contributed by atoms with van der Waals surface area (Å²) in [6.45, 7) is 12.2. The fourth-order valence-corrected chi connectivity index (χ4v) is 7.17. The van der Waals surface area contributed by atoms with Crippen molar-refractivity contribution in [2.45, 2.75) is 26.4 Å². The van der Waals surface area contributed by atoms with E-state index < -0.39 is 35.4 Å². The highest BCUT2D eigenvalue weighted by molar-refractivity contribution is 6.21. The van der Waals surface area contributed by atoms with Crippen molar-refractivity contribution >= 4 is 29.8 Å². The van der Waals surface area contributed by atoms with Crippen molar-refractivity contribution in [1.29, 1.82) is 0 Å². The number of imide groups is 1. The lowest BCUT2D eigenvalue weighted by Gasteiger charge is -2.26. The Morgan fingerprint density at radius 1 is 0.479 bits per heavy atom. The van der Waals surface area contributed by atoms with Gasteiger partial charge in [0.2, 0.25) is 0 Å². The van der Waals surface area contributed by atoms with Gasteiger partial charge in [-0.05, 0) is 45.0 Å². The molecule has 3 aliphatic heterocycles. The summed E-state index contributed by atoms with van der Waals surface area (Å²) < 4.78 is 85.1. The number of ether oxygens (including phenoxy) is 15. The van der Waals surface area contributed by atoms with Crippen molar-refractivity contribution < 1.29 is 95.0 Å². The molecule has 408 valence electrons. The van der Waals surface area contributed by atoms with Crippen LogP contribution in [0.25, 0.3) is 0 Å². The maximum atomic E-state index is 13.9. The van der Waals surface area contributed by atoms with Crippen LogP contribution in [0.2, 0.25) is 0 Å². The molecule has 0 radical (unpaired) electrons. The van der Waals surface area contributed by atoms with Gasteiger partial charge in [-0.15, -0.1) is 0 Å². The minimum atomic E-state index is -0.750. The summed E-state index contributed by atoms with van der Waals surface area (Å²) in [4.78, 5) is 68.4. The van der Waals surface area contributed by atoms with Crippen LogP contribution in [-0.2, 0) is 52.1 Å². The van der Waals surface area contributed by atoms with E-state index in [9.17, 15) is 24.0 Å². The minimum Gasteiger partial charge on any atom is -0.487 e. The normalized spacial score (nSPS) is 19.3. The number of fused-ring (bicyclic) bond motifs is 3. The third-order valence-electron chi connectivity index (χ3n) is 10.8. The van der Waals surface area contributed by atoms with Gasteiger partial charge in [0.25, 0.3) is 11.8 Å². The molecule has 3 heterocycles. The molecule has 3 aliphatic rings. The number of hydrazine groups is 1. The zero-order valence-electron chi connectivity index (χ0n) is 42.7. The van der Waals surface area contributed by atoms with Gasteiger partial charge in [-0.2, -0.15) is 0 Å². The van der Waals surface area contributed by atoms with E-state index in [1.807, 2.05) is 4.90 Å². The van der Waals surface area contributed by atoms with Crippen molar-refractivity contribution in [3.8, 4) is 23.0 Å². The zero-order chi connectivity index (χ0) is 52.3. The SMILES string of the molecule is COC(=O)c1cc2c(cc1C(=O)OC)OCCOCCOCCN(CCN1C(=O)c3cc4c(cc3C1=O)OCCOCCOCCN(NC(=O)OC(C)(C)C)CCOCCOCCO4)CCOCCOCCO2.